The second-order valence-electron chi connectivity index (χ2n) is 5.63. The van der Waals surface area contributed by atoms with Crippen molar-refractivity contribution in [2.75, 3.05) is 18.5 Å². The number of ether oxygens (including phenoxy) is 1. The largest absolute Gasteiger partial charge is 0.508 e. The number of phenolic OH excluding ortho intramolecular Hbond substituents is 1. The van der Waals surface area contributed by atoms with Crippen LogP contribution in [0.3, 0.4) is 0 Å². The Labute approximate surface area is 153 Å². The third-order valence-electron chi connectivity index (χ3n) is 3.57. The summed E-state index contributed by atoms with van der Waals surface area (Å²) in [5.41, 5.74) is 14.3. The van der Waals surface area contributed by atoms with Gasteiger partial charge in [0.2, 0.25) is 0 Å². The summed E-state index contributed by atoms with van der Waals surface area (Å²) in [7, 11) is 0. The zero-order chi connectivity index (χ0) is 18.2. The van der Waals surface area contributed by atoms with Gasteiger partial charge in [0, 0.05) is 30.8 Å². The van der Waals surface area contributed by atoms with Gasteiger partial charge < -0.3 is 26.6 Å². The van der Waals surface area contributed by atoms with Gasteiger partial charge >= 0.3 is 0 Å². The van der Waals surface area contributed by atoms with Crippen molar-refractivity contribution in [3.05, 3.63) is 64.8 Å². The van der Waals surface area contributed by atoms with Crippen LogP contribution in [0.2, 0.25) is 5.02 Å². The van der Waals surface area contributed by atoms with E-state index in [2.05, 4.69) is 5.32 Å². The Morgan fingerprint density at radius 3 is 2.60 bits per heavy atom. The van der Waals surface area contributed by atoms with Gasteiger partial charge in [-0.05, 0) is 42.8 Å². The van der Waals surface area contributed by atoms with Gasteiger partial charge in [-0.1, -0.05) is 23.7 Å². The molecule has 0 amide bonds. The normalized spacial score (nSPS) is 12.7. The Morgan fingerprint density at radius 1 is 1.28 bits per heavy atom. The lowest BCUT2D eigenvalue weighted by molar-refractivity contribution is 0.340. The summed E-state index contributed by atoms with van der Waals surface area (Å²) < 4.78 is 5.45. The first-order valence-electron chi connectivity index (χ1n) is 8.15. The number of halogens is 1. The van der Waals surface area contributed by atoms with E-state index >= 15 is 0 Å². The monoisotopic (exact) mass is 361 g/mol. The fraction of sp³-hybridized carbons (Fsp3) is 0.263. The van der Waals surface area contributed by atoms with Gasteiger partial charge in [-0.2, -0.15) is 0 Å². The lowest BCUT2D eigenvalue weighted by atomic mass is 10.1. The Hall–Kier alpha value is -2.21. The Bertz CT molecular complexity index is 717. The Morgan fingerprint density at radius 2 is 2.00 bits per heavy atom. The van der Waals surface area contributed by atoms with Crippen LogP contribution in [0, 0.1) is 0 Å². The van der Waals surface area contributed by atoms with E-state index in [1.54, 1.807) is 18.2 Å². The standard InChI is InChI=1S/C19H24ClN3O2/c1-2-25-17-7-8-19(18(20)11-17)23-15(10-14(22)12-21)9-13-3-5-16(24)6-4-13/h3-8,10-11,14,23-24H,2,9,12,21-22H2,1H3/b15-10-. The fourth-order valence-corrected chi connectivity index (χ4v) is 2.55. The van der Waals surface area contributed by atoms with Gasteiger partial charge in [-0.25, -0.2) is 0 Å². The first kappa shape index (κ1) is 19.1. The average Bonchev–Trinajstić information content (AvgIpc) is 2.59. The highest BCUT2D eigenvalue weighted by Crippen LogP contribution is 2.28. The van der Waals surface area contributed by atoms with E-state index in [1.165, 1.54) is 0 Å². The molecular weight excluding hydrogens is 338 g/mol. The van der Waals surface area contributed by atoms with Crippen LogP contribution in [0.15, 0.2) is 54.2 Å². The van der Waals surface area contributed by atoms with Gasteiger partial charge in [0.1, 0.15) is 11.5 Å². The van der Waals surface area contributed by atoms with E-state index in [4.69, 9.17) is 27.8 Å². The quantitative estimate of drug-likeness (QED) is 0.579. The predicted octanol–water partition coefficient (Wildman–Crippen LogP) is 3.27. The van der Waals surface area contributed by atoms with E-state index in [-0.39, 0.29) is 11.8 Å². The second-order valence-corrected chi connectivity index (χ2v) is 6.04. The molecule has 0 bridgehead atoms. The van der Waals surface area contributed by atoms with Crippen LogP contribution in [0.4, 0.5) is 5.69 Å². The van der Waals surface area contributed by atoms with Crippen molar-refractivity contribution in [2.24, 2.45) is 11.5 Å². The number of benzene rings is 2. The van der Waals surface area contributed by atoms with Crippen molar-refractivity contribution in [3.8, 4) is 11.5 Å². The molecule has 0 aliphatic rings. The maximum absolute atomic E-state index is 9.42. The van der Waals surface area contributed by atoms with E-state index in [1.807, 2.05) is 37.3 Å². The molecule has 2 aromatic carbocycles. The van der Waals surface area contributed by atoms with Crippen molar-refractivity contribution in [1.82, 2.24) is 0 Å². The molecule has 1 unspecified atom stereocenters. The average molecular weight is 362 g/mol. The van der Waals surface area contributed by atoms with Gasteiger partial charge in [0.25, 0.3) is 0 Å². The summed E-state index contributed by atoms with van der Waals surface area (Å²) in [4.78, 5) is 0. The fourth-order valence-electron chi connectivity index (χ4n) is 2.33. The molecule has 0 aliphatic carbocycles. The number of hydrogen-bond donors (Lipinski definition) is 4. The number of rotatable bonds is 8. The molecule has 6 heteroatoms. The summed E-state index contributed by atoms with van der Waals surface area (Å²) in [6, 6.07) is 12.3. The highest BCUT2D eigenvalue weighted by atomic mass is 35.5. The summed E-state index contributed by atoms with van der Waals surface area (Å²) in [6.07, 6.45) is 2.50. The van der Waals surface area contributed by atoms with Crippen LogP contribution in [-0.4, -0.2) is 24.3 Å². The SMILES string of the molecule is CCOc1ccc(N/C(=C\C(N)CN)Cc2ccc(O)cc2)c(Cl)c1. The first-order chi connectivity index (χ1) is 12.0. The van der Waals surface area contributed by atoms with E-state index in [9.17, 15) is 5.11 Å². The first-order valence-corrected chi connectivity index (χ1v) is 8.53. The van der Waals surface area contributed by atoms with Crippen molar-refractivity contribution in [3.63, 3.8) is 0 Å². The molecule has 5 nitrogen and oxygen atoms in total. The van der Waals surface area contributed by atoms with Crippen LogP contribution in [0.5, 0.6) is 11.5 Å². The molecular formula is C19H24ClN3O2. The minimum Gasteiger partial charge on any atom is -0.508 e. The molecule has 25 heavy (non-hydrogen) atoms. The molecule has 0 saturated carbocycles. The van der Waals surface area contributed by atoms with Crippen LogP contribution in [0.1, 0.15) is 12.5 Å². The van der Waals surface area contributed by atoms with Crippen LogP contribution in [-0.2, 0) is 6.42 Å². The predicted molar refractivity (Wildman–Crippen MR) is 103 cm³/mol. The van der Waals surface area contributed by atoms with E-state index in [0.29, 0.717) is 24.6 Å². The lowest BCUT2D eigenvalue weighted by Crippen LogP contribution is -2.28. The minimum atomic E-state index is -0.263. The molecule has 134 valence electrons. The molecule has 0 radical (unpaired) electrons. The van der Waals surface area contributed by atoms with Gasteiger partial charge in [0.15, 0.2) is 0 Å². The zero-order valence-electron chi connectivity index (χ0n) is 14.2. The number of aromatic hydroxyl groups is 1. The topological polar surface area (TPSA) is 93.5 Å². The molecule has 0 saturated heterocycles. The number of anilines is 1. The number of nitrogens with one attached hydrogen (secondary N) is 1. The Kier molecular flexibility index (Phi) is 7.13. The maximum atomic E-state index is 9.42. The van der Waals surface area contributed by atoms with Gasteiger partial charge in [-0.3, -0.25) is 0 Å². The summed E-state index contributed by atoms with van der Waals surface area (Å²) >= 11 is 6.34. The molecule has 0 fully saturated rings. The summed E-state index contributed by atoms with van der Waals surface area (Å²) in [5.74, 6) is 0.955. The van der Waals surface area contributed by atoms with Crippen molar-refractivity contribution < 1.29 is 9.84 Å². The lowest BCUT2D eigenvalue weighted by Gasteiger charge is -2.16. The van der Waals surface area contributed by atoms with Crippen LogP contribution >= 0.6 is 11.6 Å². The molecule has 2 aromatic rings. The number of nitrogens with two attached hydrogens (primary N) is 2. The molecule has 0 spiro atoms. The molecule has 0 aliphatic heterocycles. The van der Waals surface area contributed by atoms with Gasteiger partial charge in [0.05, 0.1) is 17.3 Å². The van der Waals surface area contributed by atoms with E-state index < -0.39 is 0 Å². The number of allylic oxidation sites excluding steroid dienone is 1. The maximum Gasteiger partial charge on any atom is 0.120 e. The third-order valence-corrected chi connectivity index (χ3v) is 3.88. The van der Waals surface area contributed by atoms with E-state index in [0.717, 1.165) is 22.7 Å². The molecule has 2 rings (SSSR count). The van der Waals surface area contributed by atoms with Gasteiger partial charge in [-0.15, -0.1) is 0 Å². The molecule has 1 atom stereocenters. The Balaban J connectivity index is 2.21. The highest BCUT2D eigenvalue weighted by molar-refractivity contribution is 6.33. The highest BCUT2D eigenvalue weighted by Gasteiger charge is 2.08. The molecule has 0 aromatic heterocycles. The van der Waals surface area contributed by atoms with Crippen molar-refractivity contribution in [1.29, 1.82) is 0 Å². The van der Waals surface area contributed by atoms with Crippen LogP contribution < -0.4 is 21.5 Å². The molecule has 0 heterocycles. The molecule has 6 N–H and O–H groups in total. The smallest absolute Gasteiger partial charge is 0.120 e. The second kappa shape index (κ2) is 9.32. The summed E-state index contributed by atoms with van der Waals surface area (Å²) in [6.45, 7) is 2.85. The number of phenols is 1. The zero-order valence-corrected chi connectivity index (χ0v) is 15.0. The third kappa shape index (κ3) is 5.98. The summed E-state index contributed by atoms with van der Waals surface area (Å²) in [5, 5.41) is 13.3. The van der Waals surface area contributed by atoms with Crippen molar-refractivity contribution in [2.45, 2.75) is 19.4 Å². The minimum absolute atomic E-state index is 0.232. The van der Waals surface area contributed by atoms with Crippen LogP contribution in [0.25, 0.3) is 0 Å². The van der Waals surface area contributed by atoms with Crippen molar-refractivity contribution >= 4 is 17.3 Å². The number of hydrogen-bond acceptors (Lipinski definition) is 5.